The van der Waals surface area contributed by atoms with Crippen LogP contribution in [0.2, 0.25) is 0 Å². The second kappa shape index (κ2) is 15.0. The zero-order chi connectivity index (χ0) is 42.8. The molecule has 64 heavy (non-hydrogen) atoms. The van der Waals surface area contributed by atoms with Crippen molar-refractivity contribution in [3.8, 4) is 56.0 Å². The lowest BCUT2D eigenvalue weighted by Gasteiger charge is -2.35. The molecule has 0 saturated heterocycles. The minimum absolute atomic E-state index is 0.249. The Labute approximate surface area is 374 Å². The molecule has 3 heteroatoms. The van der Waals surface area contributed by atoms with E-state index in [0.29, 0.717) is 0 Å². The van der Waals surface area contributed by atoms with Crippen LogP contribution >= 0.6 is 0 Å². The summed E-state index contributed by atoms with van der Waals surface area (Å²) in [6, 6.07) is 83.0. The molecule has 304 valence electrons. The predicted molar refractivity (Wildman–Crippen MR) is 267 cm³/mol. The molecule has 1 aliphatic carbocycles. The number of nitrogens with zero attached hydrogens (tertiary/aromatic N) is 2. The molecule has 0 aromatic heterocycles. The molecule has 0 N–H and O–H groups in total. The van der Waals surface area contributed by atoms with Gasteiger partial charge in [0.15, 0.2) is 5.75 Å². The Hall–Kier alpha value is -8.14. The fourth-order valence-electron chi connectivity index (χ4n) is 10.3. The van der Waals surface area contributed by atoms with Gasteiger partial charge in [0.1, 0.15) is 5.75 Å². The first kappa shape index (κ1) is 37.6. The van der Waals surface area contributed by atoms with Gasteiger partial charge in [0.2, 0.25) is 0 Å². The van der Waals surface area contributed by atoms with Crippen LogP contribution < -0.4 is 14.5 Å². The smallest absolute Gasteiger partial charge is 0.159 e. The maximum Gasteiger partial charge on any atom is 0.159 e. The molecule has 0 saturated carbocycles. The van der Waals surface area contributed by atoms with Gasteiger partial charge in [0.25, 0.3) is 0 Å². The van der Waals surface area contributed by atoms with Gasteiger partial charge in [-0.15, -0.1) is 0 Å². The van der Waals surface area contributed by atoms with Crippen LogP contribution in [0.25, 0.3) is 55.3 Å². The van der Waals surface area contributed by atoms with E-state index < -0.39 is 0 Å². The molecule has 2 aliphatic rings. The maximum absolute atomic E-state index is 7.37. The Morgan fingerprint density at radius 2 is 0.875 bits per heavy atom. The van der Waals surface area contributed by atoms with Crippen LogP contribution in [-0.4, -0.2) is 0 Å². The minimum atomic E-state index is -0.249. The molecule has 0 amide bonds. The van der Waals surface area contributed by atoms with Crippen molar-refractivity contribution in [2.75, 3.05) is 9.80 Å². The van der Waals surface area contributed by atoms with Crippen LogP contribution in [0.1, 0.15) is 25.0 Å². The predicted octanol–water partition coefficient (Wildman–Crippen LogP) is 17.2. The first-order valence-corrected chi connectivity index (χ1v) is 22.1. The van der Waals surface area contributed by atoms with Crippen molar-refractivity contribution >= 4 is 44.9 Å². The highest BCUT2D eigenvalue weighted by molar-refractivity contribution is 6.11. The number of benzene rings is 10. The van der Waals surface area contributed by atoms with Crippen LogP contribution in [0.5, 0.6) is 11.5 Å². The quantitative estimate of drug-likeness (QED) is 0.152. The molecular weight excluding hydrogens is 777 g/mol. The van der Waals surface area contributed by atoms with E-state index in [0.717, 1.165) is 73.1 Å². The number of fused-ring (bicyclic) bond motifs is 5. The van der Waals surface area contributed by atoms with Gasteiger partial charge in [-0.1, -0.05) is 184 Å². The molecule has 0 bridgehead atoms. The van der Waals surface area contributed by atoms with Crippen molar-refractivity contribution in [2.45, 2.75) is 19.3 Å². The summed E-state index contributed by atoms with van der Waals surface area (Å²) in [4.78, 5) is 4.78. The largest absolute Gasteiger partial charge is 0.454 e. The lowest BCUT2D eigenvalue weighted by atomic mass is 9.81. The van der Waals surface area contributed by atoms with Crippen LogP contribution in [0.3, 0.4) is 0 Å². The number of hydrogen-bond donors (Lipinski definition) is 0. The highest BCUT2D eigenvalue weighted by atomic mass is 16.5. The van der Waals surface area contributed by atoms with Crippen LogP contribution in [0.15, 0.2) is 231 Å². The average molecular weight is 821 g/mol. The van der Waals surface area contributed by atoms with E-state index in [2.05, 4.69) is 254 Å². The fourth-order valence-corrected chi connectivity index (χ4v) is 10.3. The molecule has 10 aromatic rings. The third-order valence-corrected chi connectivity index (χ3v) is 13.2. The van der Waals surface area contributed by atoms with Crippen molar-refractivity contribution in [1.82, 2.24) is 0 Å². The molecule has 0 spiro atoms. The van der Waals surface area contributed by atoms with Crippen molar-refractivity contribution in [3.05, 3.63) is 242 Å². The van der Waals surface area contributed by atoms with Gasteiger partial charge in [-0.2, -0.15) is 0 Å². The number of para-hydroxylation sites is 2. The van der Waals surface area contributed by atoms with Crippen LogP contribution in [0, 0.1) is 0 Å². The zero-order valence-corrected chi connectivity index (χ0v) is 35.7. The fraction of sp³-hybridized carbons (Fsp3) is 0.0492. The molecule has 10 aromatic carbocycles. The highest BCUT2D eigenvalue weighted by Gasteiger charge is 2.39. The number of hydrogen-bond acceptors (Lipinski definition) is 3. The third-order valence-electron chi connectivity index (χ3n) is 13.2. The van der Waals surface area contributed by atoms with Gasteiger partial charge in [-0.25, -0.2) is 0 Å². The monoisotopic (exact) mass is 820 g/mol. The highest BCUT2D eigenvalue weighted by Crippen LogP contribution is 2.59. The van der Waals surface area contributed by atoms with Crippen LogP contribution in [-0.2, 0) is 5.41 Å². The van der Waals surface area contributed by atoms with E-state index >= 15 is 0 Å². The molecule has 1 aliphatic heterocycles. The number of rotatable bonds is 8. The van der Waals surface area contributed by atoms with E-state index in [9.17, 15) is 0 Å². The second-order valence-electron chi connectivity index (χ2n) is 17.3. The normalized spacial score (nSPS) is 12.8. The van der Waals surface area contributed by atoms with Crippen molar-refractivity contribution in [3.63, 3.8) is 0 Å². The summed E-state index contributed by atoms with van der Waals surface area (Å²) in [5.41, 5.74) is 18.3. The maximum atomic E-state index is 7.37. The lowest BCUT2D eigenvalue weighted by molar-refractivity contribution is 0.488. The van der Waals surface area contributed by atoms with E-state index in [-0.39, 0.29) is 5.41 Å². The molecule has 0 radical (unpaired) electrons. The van der Waals surface area contributed by atoms with E-state index in [1.54, 1.807) is 0 Å². The number of anilines is 6. The van der Waals surface area contributed by atoms with Gasteiger partial charge in [0, 0.05) is 33.4 Å². The Morgan fingerprint density at radius 3 is 1.56 bits per heavy atom. The lowest BCUT2D eigenvalue weighted by Crippen LogP contribution is -2.21. The number of ether oxygens (including phenoxy) is 1. The summed E-state index contributed by atoms with van der Waals surface area (Å²) in [5.74, 6) is 1.66. The molecular formula is C61H44N2O. The summed E-state index contributed by atoms with van der Waals surface area (Å²) < 4.78 is 7.37. The molecule has 1 heterocycles. The van der Waals surface area contributed by atoms with Crippen molar-refractivity contribution in [2.24, 2.45) is 0 Å². The summed E-state index contributed by atoms with van der Waals surface area (Å²) in [7, 11) is 0. The van der Waals surface area contributed by atoms with Gasteiger partial charge < -0.3 is 14.5 Å². The summed E-state index contributed by atoms with van der Waals surface area (Å²) >= 11 is 0. The third kappa shape index (κ3) is 6.04. The molecule has 0 fully saturated rings. The zero-order valence-electron chi connectivity index (χ0n) is 35.7. The SMILES string of the molecule is CC1(C)c2ccccc2-c2cccc(N(c3ccc(-c4ccc(-c5ccccc5)cc4)cc3)c3ccc4cccc5c4c3Oc3cccc(N(c4ccccc4)c4ccccc4)c3-5)c21. The van der Waals surface area contributed by atoms with Gasteiger partial charge in [0.05, 0.1) is 17.1 Å². The van der Waals surface area contributed by atoms with E-state index in [4.69, 9.17) is 4.74 Å². The average Bonchev–Trinajstić information content (AvgIpc) is 3.59. The summed E-state index contributed by atoms with van der Waals surface area (Å²) in [6.07, 6.45) is 0. The Balaban J connectivity index is 1.05. The van der Waals surface area contributed by atoms with Crippen LogP contribution in [0.4, 0.5) is 34.1 Å². The van der Waals surface area contributed by atoms with Crippen molar-refractivity contribution in [1.29, 1.82) is 0 Å². The van der Waals surface area contributed by atoms with Gasteiger partial charge >= 0.3 is 0 Å². The second-order valence-corrected chi connectivity index (χ2v) is 17.3. The first-order valence-electron chi connectivity index (χ1n) is 22.1. The summed E-state index contributed by atoms with van der Waals surface area (Å²) in [5, 5.41) is 2.22. The van der Waals surface area contributed by atoms with Gasteiger partial charge in [-0.3, -0.25) is 0 Å². The first-order chi connectivity index (χ1) is 31.5. The molecule has 0 atom stereocenters. The van der Waals surface area contributed by atoms with Gasteiger partial charge in [-0.05, 0) is 116 Å². The van der Waals surface area contributed by atoms with Crippen molar-refractivity contribution < 1.29 is 4.74 Å². The summed E-state index contributed by atoms with van der Waals surface area (Å²) in [6.45, 7) is 4.73. The van der Waals surface area contributed by atoms with E-state index in [1.165, 1.54) is 38.9 Å². The Morgan fingerprint density at radius 1 is 0.359 bits per heavy atom. The molecule has 0 unspecified atom stereocenters. The minimum Gasteiger partial charge on any atom is -0.454 e. The standard InChI is InChI=1S/C61H44N2O/c1-61(2)52-27-13-12-24-49(52)50-25-15-29-54(59(50)61)63(48-38-35-44(36-39-48)43-33-31-42(32-34-43)41-17-6-3-7-18-41)55-40-37-45-19-14-26-51-57(45)60(55)64-56-30-16-28-53(58(51)56)62(46-20-8-4-9-21-46)47-22-10-5-11-23-47/h3-40H,1-2H3. The Bertz CT molecular complexity index is 3320. The Kier molecular flexibility index (Phi) is 8.84. The van der Waals surface area contributed by atoms with E-state index in [1.807, 2.05) is 0 Å². The topological polar surface area (TPSA) is 15.7 Å². The molecule has 3 nitrogen and oxygen atoms in total. The molecule has 12 rings (SSSR count).